The number of carbonyl (C=O) groups excluding carboxylic acids is 1. The molecule has 0 N–H and O–H groups in total. The minimum Gasteiger partial charge on any atom is -0.337 e. The fourth-order valence-corrected chi connectivity index (χ4v) is 3.30. The number of fused-ring (bicyclic) bond motifs is 1. The molecule has 1 aromatic heterocycles. The summed E-state index contributed by atoms with van der Waals surface area (Å²) < 4.78 is 2.28. The van der Waals surface area contributed by atoms with Gasteiger partial charge in [0.05, 0.1) is 6.04 Å². The van der Waals surface area contributed by atoms with E-state index >= 15 is 0 Å². The van der Waals surface area contributed by atoms with E-state index in [-0.39, 0.29) is 24.1 Å². The third-order valence-corrected chi connectivity index (χ3v) is 4.76. The van der Waals surface area contributed by atoms with Gasteiger partial charge < -0.3 is 4.90 Å². The van der Waals surface area contributed by atoms with E-state index in [1.165, 1.54) is 35.0 Å². The number of benzene rings is 1. The Labute approximate surface area is 140 Å². The number of likely N-dealkylation sites (N-methyl/N-ethyl adjacent to an activating group) is 1. The highest BCUT2D eigenvalue weighted by Gasteiger charge is 2.26. The van der Waals surface area contributed by atoms with Gasteiger partial charge in [-0.3, -0.25) is 18.7 Å². The average molecular weight is 327 g/mol. The fourth-order valence-electron chi connectivity index (χ4n) is 3.30. The standard InChI is InChI=1S/C18H21N3O3/c1-19(15-9-5-7-13-6-3-4-8-14(13)15)17(23)12-21-11-10-16(22)20(2)18(21)24/h3-4,6,8,10-11,15H,5,7,9,12H2,1-2H3. The number of hydrogen-bond donors (Lipinski definition) is 0. The second-order valence-corrected chi connectivity index (χ2v) is 6.23. The predicted molar refractivity (Wildman–Crippen MR) is 90.8 cm³/mol. The van der Waals surface area contributed by atoms with Gasteiger partial charge in [0.15, 0.2) is 0 Å². The van der Waals surface area contributed by atoms with Crippen molar-refractivity contribution < 1.29 is 4.79 Å². The molecule has 24 heavy (non-hydrogen) atoms. The third kappa shape index (κ3) is 2.91. The van der Waals surface area contributed by atoms with Crippen molar-refractivity contribution in [3.63, 3.8) is 0 Å². The summed E-state index contributed by atoms with van der Waals surface area (Å²) in [5.74, 6) is -0.141. The van der Waals surface area contributed by atoms with Crippen LogP contribution in [0.1, 0.15) is 30.0 Å². The largest absolute Gasteiger partial charge is 0.337 e. The smallest absolute Gasteiger partial charge is 0.331 e. The van der Waals surface area contributed by atoms with Crippen LogP contribution in [0, 0.1) is 0 Å². The molecular formula is C18H21N3O3. The summed E-state index contributed by atoms with van der Waals surface area (Å²) in [6.07, 6.45) is 4.38. The molecule has 1 heterocycles. The Kier molecular flexibility index (Phi) is 4.38. The fraction of sp³-hybridized carbons (Fsp3) is 0.389. The van der Waals surface area contributed by atoms with Crippen LogP contribution < -0.4 is 11.2 Å². The van der Waals surface area contributed by atoms with Crippen LogP contribution in [-0.2, 0) is 24.8 Å². The molecule has 0 aliphatic heterocycles. The minimum absolute atomic E-state index is 0.0330. The molecule has 0 saturated heterocycles. The first-order valence-electron chi connectivity index (χ1n) is 8.09. The lowest BCUT2D eigenvalue weighted by atomic mass is 9.87. The summed E-state index contributed by atoms with van der Waals surface area (Å²) in [5, 5.41) is 0. The molecule has 1 amide bonds. The number of aryl methyl sites for hydroxylation is 1. The van der Waals surface area contributed by atoms with E-state index in [4.69, 9.17) is 0 Å². The van der Waals surface area contributed by atoms with Crippen LogP contribution in [0.5, 0.6) is 0 Å². The van der Waals surface area contributed by atoms with E-state index < -0.39 is 5.69 Å². The molecule has 1 atom stereocenters. The molecule has 0 bridgehead atoms. The third-order valence-electron chi connectivity index (χ3n) is 4.76. The van der Waals surface area contributed by atoms with Crippen LogP contribution in [0.3, 0.4) is 0 Å². The highest BCUT2D eigenvalue weighted by atomic mass is 16.2. The molecule has 1 aliphatic carbocycles. The van der Waals surface area contributed by atoms with Gasteiger partial charge in [-0.05, 0) is 30.4 Å². The lowest BCUT2D eigenvalue weighted by Gasteiger charge is -2.33. The molecule has 126 valence electrons. The van der Waals surface area contributed by atoms with E-state index in [0.29, 0.717) is 0 Å². The Morgan fingerprint density at radius 3 is 2.79 bits per heavy atom. The van der Waals surface area contributed by atoms with Crippen LogP contribution in [0.15, 0.2) is 46.1 Å². The average Bonchev–Trinajstić information content (AvgIpc) is 2.61. The number of hydrogen-bond acceptors (Lipinski definition) is 3. The zero-order chi connectivity index (χ0) is 17.3. The lowest BCUT2D eigenvalue weighted by molar-refractivity contribution is -0.133. The van der Waals surface area contributed by atoms with Crippen molar-refractivity contribution in [2.45, 2.75) is 31.8 Å². The van der Waals surface area contributed by atoms with Gasteiger partial charge in [-0.1, -0.05) is 24.3 Å². The van der Waals surface area contributed by atoms with Crippen LogP contribution in [-0.4, -0.2) is 27.0 Å². The zero-order valence-corrected chi connectivity index (χ0v) is 13.9. The molecule has 1 aromatic carbocycles. The van der Waals surface area contributed by atoms with Gasteiger partial charge in [-0.15, -0.1) is 0 Å². The molecule has 1 aliphatic rings. The molecule has 3 rings (SSSR count). The van der Waals surface area contributed by atoms with Crippen LogP contribution in [0.4, 0.5) is 0 Å². The van der Waals surface area contributed by atoms with E-state index in [1.54, 1.807) is 11.9 Å². The first kappa shape index (κ1) is 16.2. The van der Waals surface area contributed by atoms with Gasteiger partial charge in [-0.2, -0.15) is 0 Å². The monoisotopic (exact) mass is 327 g/mol. The van der Waals surface area contributed by atoms with Crippen molar-refractivity contribution in [3.05, 3.63) is 68.5 Å². The van der Waals surface area contributed by atoms with Crippen LogP contribution in [0.2, 0.25) is 0 Å². The molecule has 6 nitrogen and oxygen atoms in total. The Bertz CT molecular complexity index is 882. The molecule has 6 heteroatoms. The second-order valence-electron chi connectivity index (χ2n) is 6.23. The lowest BCUT2D eigenvalue weighted by Crippen LogP contribution is -2.41. The Hall–Kier alpha value is -2.63. The maximum atomic E-state index is 12.6. The van der Waals surface area contributed by atoms with Gasteiger partial charge in [0, 0.05) is 26.4 Å². The summed E-state index contributed by atoms with van der Waals surface area (Å²) in [6, 6.07) is 9.52. The molecule has 2 aromatic rings. The summed E-state index contributed by atoms with van der Waals surface area (Å²) in [5.41, 5.74) is 1.62. The molecule has 1 unspecified atom stereocenters. The highest BCUT2D eigenvalue weighted by molar-refractivity contribution is 5.76. The van der Waals surface area contributed by atoms with Gasteiger partial charge in [0.25, 0.3) is 5.56 Å². The SMILES string of the molecule is CN(C(=O)Cn1ccc(=O)n(C)c1=O)C1CCCc2ccccc21. The second kappa shape index (κ2) is 6.47. The van der Waals surface area contributed by atoms with E-state index in [1.807, 2.05) is 12.1 Å². The molecule has 0 spiro atoms. The summed E-state index contributed by atoms with van der Waals surface area (Å²) in [7, 11) is 3.19. The number of carbonyl (C=O) groups is 1. The van der Waals surface area contributed by atoms with Crippen molar-refractivity contribution in [1.29, 1.82) is 0 Å². The van der Waals surface area contributed by atoms with Crippen molar-refractivity contribution >= 4 is 5.91 Å². The summed E-state index contributed by atoms with van der Waals surface area (Å²) >= 11 is 0. The molecular weight excluding hydrogens is 306 g/mol. The van der Waals surface area contributed by atoms with Crippen molar-refractivity contribution in [3.8, 4) is 0 Å². The number of aromatic nitrogens is 2. The normalized spacial score (nSPS) is 16.5. The van der Waals surface area contributed by atoms with E-state index in [2.05, 4.69) is 12.1 Å². The maximum Gasteiger partial charge on any atom is 0.331 e. The Morgan fingerprint density at radius 1 is 1.25 bits per heavy atom. The minimum atomic E-state index is -0.478. The summed E-state index contributed by atoms with van der Waals surface area (Å²) in [4.78, 5) is 37.9. The number of amides is 1. The van der Waals surface area contributed by atoms with Gasteiger partial charge in [-0.25, -0.2) is 4.79 Å². The van der Waals surface area contributed by atoms with Gasteiger partial charge in [0.1, 0.15) is 6.54 Å². The van der Waals surface area contributed by atoms with Crippen LogP contribution in [0.25, 0.3) is 0 Å². The molecule has 0 fully saturated rings. The van der Waals surface area contributed by atoms with Crippen molar-refractivity contribution in [2.75, 3.05) is 7.05 Å². The summed E-state index contributed by atoms with van der Waals surface area (Å²) in [6.45, 7) is -0.0673. The van der Waals surface area contributed by atoms with Crippen molar-refractivity contribution in [1.82, 2.24) is 14.0 Å². The number of rotatable bonds is 3. The van der Waals surface area contributed by atoms with Gasteiger partial charge >= 0.3 is 5.69 Å². The Morgan fingerprint density at radius 2 is 2.00 bits per heavy atom. The molecule has 0 radical (unpaired) electrons. The van der Waals surface area contributed by atoms with Crippen LogP contribution >= 0.6 is 0 Å². The van der Waals surface area contributed by atoms with E-state index in [9.17, 15) is 14.4 Å². The predicted octanol–water partition coefficient (Wildman–Crippen LogP) is 1.08. The first-order valence-corrected chi connectivity index (χ1v) is 8.09. The topological polar surface area (TPSA) is 64.3 Å². The molecule has 0 saturated carbocycles. The number of nitrogens with zero attached hydrogens (tertiary/aromatic N) is 3. The first-order chi connectivity index (χ1) is 11.5. The highest BCUT2D eigenvalue weighted by Crippen LogP contribution is 2.33. The zero-order valence-electron chi connectivity index (χ0n) is 13.9. The Balaban J connectivity index is 1.83. The van der Waals surface area contributed by atoms with Crippen molar-refractivity contribution in [2.24, 2.45) is 7.05 Å². The quantitative estimate of drug-likeness (QED) is 0.847. The maximum absolute atomic E-state index is 12.6. The van der Waals surface area contributed by atoms with Gasteiger partial charge in [0.2, 0.25) is 5.91 Å². The van der Waals surface area contributed by atoms with E-state index in [0.717, 1.165) is 23.8 Å².